The summed E-state index contributed by atoms with van der Waals surface area (Å²) in [5.74, 6) is 0.274. The Hall–Kier alpha value is -9.73. The molecule has 89 heavy (non-hydrogen) atoms. The molecule has 0 bridgehead atoms. The van der Waals surface area contributed by atoms with Gasteiger partial charge in [0.1, 0.15) is 5.82 Å². The lowest BCUT2D eigenvalue weighted by molar-refractivity contribution is -0.140. The van der Waals surface area contributed by atoms with Crippen LogP contribution in [0.2, 0.25) is 0 Å². The Morgan fingerprint density at radius 2 is 0.888 bits per heavy atom. The van der Waals surface area contributed by atoms with E-state index in [2.05, 4.69) is 104 Å². The number of furan rings is 1. The molecule has 0 N–H and O–H groups in total. The van der Waals surface area contributed by atoms with Gasteiger partial charge in [0, 0.05) is 70.6 Å². The molecule has 0 aliphatic heterocycles. The predicted molar refractivity (Wildman–Crippen MR) is 359 cm³/mol. The van der Waals surface area contributed by atoms with Gasteiger partial charge < -0.3 is 28.1 Å². The molecule has 6 heterocycles. The summed E-state index contributed by atoms with van der Waals surface area (Å²) in [6.07, 6.45) is 25.3. The number of carbonyl (C=O) groups is 3. The molecule has 0 aliphatic carbocycles. The second-order valence-corrected chi connectivity index (χ2v) is 22.4. The fourth-order valence-electron chi connectivity index (χ4n) is 10.5. The quantitative estimate of drug-likeness (QED) is 0.0224. The molecule has 0 atom stereocenters. The van der Waals surface area contributed by atoms with Crippen LogP contribution in [0.1, 0.15) is 161 Å². The first-order valence-electron chi connectivity index (χ1n) is 31.0. The van der Waals surface area contributed by atoms with Gasteiger partial charge in [-0.1, -0.05) is 191 Å². The summed E-state index contributed by atoms with van der Waals surface area (Å²) in [5, 5.41) is 19.3. The number of hydrogen-bond acceptors (Lipinski definition) is 12. The molecule has 0 radical (unpaired) electrons. The van der Waals surface area contributed by atoms with Gasteiger partial charge in [0.25, 0.3) is 0 Å². The third-order valence-corrected chi connectivity index (χ3v) is 15.9. The lowest BCUT2D eigenvalue weighted by Crippen LogP contribution is -2.06. The molecule has 6 aromatic heterocycles. The van der Waals surface area contributed by atoms with E-state index in [1.54, 1.807) is 48.1 Å². The predicted octanol–water partition coefficient (Wildman–Crippen LogP) is 19.2. The van der Waals surface area contributed by atoms with E-state index in [9.17, 15) is 14.4 Å². The monoisotopic (exact) mass is 1210 g/mol. The van der Waals surface area contributed by atoms with E-state index in [1.165, 1.54) is 39.0 Å². The molecule has 0 fully saturated rings. The number of hydrogen-bond donors (Lipinski definition) is 0. The molecular formula is C74H77N7O7S. The number of oxime groups is 3. The first kappa shape index (κ1) is 63.8. The zero-order chi connectivity index (χ0) is 62.0. The van der Waals surface area contributed by atoms with Crippen LogP contribution in [0.3, 0.4) is 0 Å². The molecule has 0 saturated carbocycles. The van der Waals surface area contributed by atoms with Gasteiger partial charge in [-0.2, -0.15) is 0 Å². The fraction of sp³-hybridized carbons (Fsp3) is 0.257. The minimum Gasteiger partial charge on any atom is -0.448 e. The van der Waals surface area contributed by atoms with Crippen molar-refractivity contribution in [1.82, 2.24) is 18.7 Å². The summed E-state index contributed by atoms with van der Waals surface area (Å²) in [7, 11) is 0. The van der Waals surface area contributed by atoms with E-state index in [0.717, 1.165) is 147 Å². The molecule has 0 aliphatic rings. The van der Waals surface area contributed by atoms with Crippen LogP contribution in [-0.4, -0.2) is 53.7 Å². The van der Waals surface area contributed by atoms with Crippen molar-refractivity contribution in [2.45, 2.75) is 124 Å². The maximum absolute atomic E-state index is 12.5. The average molecular weight is 1210 g/mol. The van der Waals surface area contributed by atoms with Gasteiger partial charge in [0.15, 0.2) is 0 Å². The zero-order valence-corrected chi connectivity index (χ0v) is 52.0. The van der Waals surface area contributed by atoms with Crippen molar-refractivity contribution in [2.75, 3.05) is 0 Å². The number of aromatic nitrogens is 4. The van der Waals surface area contributed by atoms with Crippen molar-refractivity contribution in [1.29, 1.82) is 0 Å². The molecule has 14 nitrogen and oxygen atoms in total. The normalized spacial score (nSPS) is 11.7. The Balaban J connectivity index is 0.000000160. The first-order chi connectivity index (χ1) is 43.8. The summed E-state index contributed by atoms with van der Waals surface area (Å²) in [6.45, 7) is 7.94. The Morgan fingerprint density at radius 3 is 1.33 bits per heavy atom. The van der Waals surface area contributed by atoms with Gasteiger partial charge in [-0.05, 0) is 117 Å². The van der Waals surface area contributed by atoms with Gasteiger partial charge in [0.05, 0.1) is 56.1 Å². The molecule has 5 aromatic carbocycles. The van der Waals surface area contributed by atoms with Gasteiger partial charge in [-0.3, -0.25) is 4.57 Å². The number of nitrogens with zero attached hydrogens (tertiary/aromatic N) is 7. The van der Waals surface area contributed by atoms with Crippen molar-refractivity contribution in [3.05, 3.63) is 240 Å². The molecule has 11 aromatic rings. The molecule has 456 valence electrons. The highest BCUT2D eigenvalue weighted by molar-refractivity contribution is 7.12. The van der Waals surface area contributed by atoms with Crippen LogP contribution in [0.4, 0.5) is 0 Å². The fourth-order valence-corrected chi connectivity index (χ4v) is 11.2. The Bertz CT molecular complexity index is 4090. The van der Waals surface area contributed by atoms with Gasteiger partial charge in [-0.25, -0.2) is 19.4 Å². The van der Waals surface area contributed by atoms with Gasteiger partial charge >= 0.3 is 17.9 Å². The second-order valence-electron chi connectivity index (χ2n) is 21.5. The smallest absolute Gasteiger partial charge is 0.365 e. The molecule has 0 amide bonds. The van der Waals surface area contributed by atoms with E-state index in [1.807, 2.05) is 126 Å². The summed E-state index contributed by atoms with van der Waals surface area (Å²) < 4.78 is 11.8. The van der Waals surface area contributed by atoms with Crippen molar-refractivity contribution >= 4 is 79.1 Å². The van der Waals surface area contributed by atoms with Crippen molar-refractivity contribution in [2.24, 2.45) is 15.5 Å². The van der Waals surface area contributed by atoms with Crippen molar-refractivity contribution < 1.29 is 33.3 Å². The van der Waals surface area contributed by atoms with Crippen LogP contribution in [-0.2, 0) is 19.3 Å². The van der Waals surface area contributed by atoms with Crippen LogP contribution in [0.25, 0.3) is 49.4 Å². The maximum Gasteiger partial charge on any atom is 0.365 e. The van der Waals surface area contributed by atoms with Gasteiger partial charge in [-0.15, -0.1) is 11.3 Å². The van der Waals surface area contributed by atoms with E-state index in [0.29, 0.717) is 11.1 Å². The highest BCUT2D eigenvalue weighted by atomic mass is 32.1. The Labute approximate surface area is 524 Å². The molecule has 15 heteroatoms. The van der Waals surface area contributed by atoms with E-state index in [-0.39, 0.29) is 0 Å². The van der Waals surface area contributed by atoms with Crippen molar-refractivity contribution in [3.8, 4) is 16.7 Å². The standard InChI is InChI=1S/C27H27N3O2.C26H26N2O2S.C21H24N2O3/c1-2-3-4-8-16-24(29-32-27(31)21-13-6-5-7-14-21)23-20-30(26-18-11-12-19-28-26)25-17-10-9-15-22(23)25;1-2-3-4-8-15-23(27-30-26(29)20-12-6-5-7-13-20)22-19-28(25-17-11-18-31-25)24-16-10-9-14-21(22)24;1-3-4-5-6-11-19(22-26-16(2)24)18-15-23(21-13-9-14-25-21)20-12-8-7-10-17(18)20/h5-7,9-15,17-20H,2-4,8,16H2,1H3;5-7,9-14,16-19H,2-4,8,15H2,1H3;7-10,12-15H,3-6,11H2,1-2H3/b29-24+;27-23+;22-19+. The van der Waals surface area contributed by atoms with Crippen LogP contribution in [0.5, 0.6) is 0 Å². The first-order valence-corrected chi connectivity index (χ1v) is 31.9. The molecule has 11 rings (SSSR count). The number of unbranched alkanes of at least 4 members (excludes halogenated alkanes) is 9. The third-order valence-electron chi connectivity index (χ3n) is 15.0. The number of thiophene rings is 1. The van der Waals surface area contributed by atoms with Crippen molar-refractivity contribution in [3.63, 3.8) is 0 Å². The number of para-hydroxylation sites is 3. The molecule has 0 saturated heterocycles. The van der Waals surface area contributed by atoms with Crippen LogP contribution in [0.15, 0.2) is 232 Å². The Kier molecular flexibility index (Phi) is 23.9. The van der Waals surface area contributed by atoms with E-state index < -0.39 is 17.9 Å². The molecule has 0 spiro atoms. The van der Waals surface area contributed by atoms with Crippen LogP contribution >= 0.6 is 11.3 Å². The largest absolute Gasteiger partial charge is 0.448 e. The lowest BCUT2D eigenvalue weighted by Gasteiger charge is -2.06. The number of benzene rings is 5. The highest BCUT2D eigenvalue weighted by Crippen LogP contribution is 2.31. The third kappa shape index (κ3) is 17.3. The SMILES string of the molecule is CCCCCC/C(=N\OC(=O)c1ccccc1)c1cn(-c2ccccn2)c2ccccc12.CCCCCC/C(=N\OC(=O)c1ccccc1)c1cn(-c2cccs2)c2ccccc12.CCCCCC/C(=N\OC(C)=O)c1cn(-c2ccco2)c2ccccc12. The minimum atomic E-state index is -0.454. The summed E-state index contributed by atoms with van der Waals surface area (Å²) in [4.78, 5) is 56.5. The second kappa shape index (κ2) is 33.4. The molecule has 0 unspecified atom stereocenters. The summed E-state index contributed by atoms with van der Waals surface area (Å²) in [6, 6.07) is 56.3. The van der Waals surface area contributed by atoms with E-state index in [4.69, 9.17) is 18.9 Å². The Morgan fingerprint density at radius 1 is 0.449 bits per heavy atom. The lowest BCUT2D eigenvalue weighted by atomic mass is 10.0. The van der Waals surface area contributed by atoms with E-state index >= 15 is 0 Å². The number of pyridine rings is 1. The van der Waals surface area contributed by atoms with Crippen LogP contribution < -0.4 is 0 Å². The number of rotatable bonds is 26. The summed E-state index contributed by atoms with van der Waals surface area (Å²) in [5.41, 5.74) is 9.49. The molecular weight excluding hydrogens is 1130 g/mol. The van der Waals surface area contributed by atoms with Gasteiger partial charge in [0.2, 0.25) is 5.88 Å². The number of fused-ring (bicyclic) bond motifs is 3. The summed E-state index contributed by atoms with van der Waals surface area (Å²) >= 11 is 1.69. The topological polar surface area (TPSA) is 157 Å². The number of carbonyl (C=O) groups excluding carboxylic acids is 3. The highest BCUT2D eigenvalue weighted by Gasteiger charge is 2.20. The average Bonchev–Trinajstić information content (AvgIpc) is 3.52. The van der Waals surface area contributed by atoms with Crippen LogP contribution in [0, 0.1) is 0 Å². The maximum atomic E-state index is 12.5. The minimum absolute atomic E-state index is 0.411. The zero-order valence-electron chi connectivity index (χ0n) is 51.2.